The molecule has 0 fully saturated rings. The summed E-state index contributed by atoms with van der Waals surface area (Å²) in [5.74, 6) is 1.16. The highest BCUT2D eigenvalue weighted by molar-refractivity contribution is 5.92. The fourth-order valence-electron chi connectivity index (χ4n) is 2.67. The molecule has 1 unspecified atom stereocenters. The molecule has 0 aliphatic rings. The number of carbonyl (C=O) groups is 2. The molecule has 0 saturated heterocycles. The van der Waals surface area contributed by atoms with Crippen LogP contribution >= 0.6 is 0 Å². The molecule has 26 heavy (non-hydrogen) atoms. The molecule has 0 saturated carbocycles. The second kappa shape index (κ2) is 8.89. The van der Waals surface area contributed by atoms with Gasteiger partial charge in [-0.05, 0) is 41.8 Å². The molecule has 2 aromatic carbocycles. The lowest BCUT2D eigenvalue weighted by atomic mass is 9.96. The van der Waals surface area contributed by atoms with E-state index in [1.54, 1.807) is 38.5 Å². The van der Waals surface area contributed by atoms with E-state index >= 15 is 0 Å². The maximum absolute atomic E-state index is 12.3. The zero-order valence-corrected chi connectivity index (χ0v) is 15.5. The van der Waals surface area contributed by atoms with Crippen LogP contribution in [0, 0.1) is 0 Å². The molecule has 2 aromatic rings. The number of hydrogen-bond donors (Lipinski definition) is 2. The van der Waals surface area contributed by atoms with Crippen LogP contribution in [0.25, 0.3) is 0 Å². The first-order valence-electron chi connectivity index (χ1n) is 8.32. The first-order chi connectivity index (χ1) is 12.4. The summed E-state index contributed by atoms with van der Waals surface area (Å²) in [7, 11) is 3.20. The van der Waals surface area contributed by atoms with Gasteiger partial charge in [0.25, 0.3) is 0 Å². The van der Waals surface area contributed by atoms with Crippen LogP contribution in [0.5, 0.6) is 11.5 Å². The Morgan fingerprint density at radius 2 is 1.58 bits per heavy atom. The Kier molecular flexibility index (Phi) is 6.60. The minimum Gasteiger partial charge on any atom is -0.497 e. The van der Waals surface area contributed by atoms with E-state index in [0.29, 0.717) is 29.3 Å². The Balaban J connectivity index is 2.00. The standard InChI is InChI=1S/C20H24N2O4/c1-13(18-10-9-17(25-3)12-19(18)26-4)11-20(24)22-16-7-5-15(6-8-16)21-14(2)23/h5-10,12-13H,11H2,1-4H3,(H,21,23)(H,22,24). The molecule has 0 aliphatic carbocycles. The van der Waals surface area contributed by atoms with Crippen molar-refractivity contribution in [2.75, 3.05) is 24.9 Å². The number of amides is 2. The van der Waals surface area contributed by atoms with Crippen molar-refractivity contribution in [1.82, 2.24) is 0 Å². The van der Waals surface area contributed by atoms with E-state index in [1.807, 2.05) is 25.1 Å². The molecular formula is C20H24N2O4. The van der Waals surface area contributed by atoms with E-state index in [4.69, 9.17) is 9.47 Å². The third-order valence-electron chi connectivity index (χ3n) is 3.95. The Labute approximate surface area is 153 Å². The van der Waals surface area contributed by atoms with Crippen molar-refractivity contribution in [1.29, 1.82) is 0 Å². The summed E-state index contributed by atoms with van der Waals surface area (Å²) in [5.41, 5.74) is 2.31. The fraction of sp³-hybridized carbons (Fsp3) is 0.300. The van der Waals surface area contributed by atoms with Crippen molar-refractivity contribution in [3.63, 3.8) is 0 Å². The van der Waals surface area contributed by atoms with Gasteiger partial charge < -0.3 is 20.1 Å². The number of nitrogens with one attached hydrogen (secondary N) is 2. The molecule has 2 rings (SSSR count). The maximum atomic E-state index is 12.3. The zero-order valence-electron chi connectivity index (χ0n) is 15.5. The Morgan fingerprint density at radius 3 is 2.12 bits per heavy atom. The van der Waals surface area contributed by atoms with Gasteiger partial charge in [-0.3, -0.25) is 9.59 Å². The molecular weight excluding hydrogens is 332 g/mol. The molecule has 0 aliphatic heterocycles. The predicted molar refractivity (Wildman–Crippen MR) is 102 cm³/mol. The number of carbonyl (C=O) groups excluding carboxylic acids is 2. The van der Waals surface area contributed by atoms with Crippen molar-refractivity contribution in [3.05, 3.63) is 48.0 Å². The van der Waals surface area contributed by atoms with Crippen LogP contribution < -0.4 is 20.1 Å². The minimum absolute atomic E-state index is 0.0190. The Bertz CT molecular complexity index is 772. The molecule has 138 valence electrons. The summed E-state index contributed by atoms with van der Waals surface area (Å²) in [6.45, 7) is 3.42. The van der Waals surface area contributed by atoms with E-state index in [0.717, 1.165) is 5.56 Å². The first-order valence-corrected chi connectivity index (χ1v) is 8.32. The van der Waals surface area contributed by atoms with Gasteiger partial charge in [0.2, 0.25) is 11.8 Å². The molecule has 0 aromatic heterocycles. The van der Waals surface area contributed by atoms with Gasteiger partial charge in [-0.25, -0.2) is 0 Å². The third kappa shape index (κ3) is 5.24. The molecule has 1 atom stereocenters. The average Bonchev–Trinajstić information content (AvgIpc) is 2.62. The Morgan fingerprint density at radius 1 is 0.962 bits per heavy atom. The SMILES string of the molecule is COc1ccc(C(C)CC(=O)Nc2ccc(NC(C)=O)cc2)c(OC)c1. The lowest BCUT2D eigenvalue weighted by molar-refractivity contribution is -0.116. The molecule has 2 N–H and O–H groups in total. The predicted octanol–water partition coefficient (Wildman–Crippen LogP) is 3.79. The average molecular weight is 356 g/mol. The largest absolute Gasteiger partial charge is 0.497 e. The number of ether oxygens (including phenoxy) is 2. The van der Waals surface area contributed by atoms with E-state index < -0.39 is 0 Å². The summed E-state index contributed by atoms with van der Waals surface area (Å²) in [5, 5.41) is 5.55. The topological polar surface area (TPSA) is 76.7 Å². The molecule has 0 radical (unpaired) electrons. The summed E-state index contributed by atoms with van der Waals surface area (Å²) in [4.78, 5) is 23.4. The normalized spacial score (nSPS) is 11.4. The number of anilines is 2. The highest BCUT2D eigenvalue weighted by Crippen LogP contribution is 2.32. The fourth-order valence-corrected chi connectivity index (χ4v) is 2.67. The lowest BCUT2D eigenvalue weighted by Crippen LogP contribution is -2.15. The molecule has 6 nitrogen and oxygen atoms in total. The van der Waals surface area contributed by atoms with Gasteiger partial charge in [0, 0.05) is 30.8 Å². The number of methoxy groups -OCH3 is 2. The van der Waals surface area contributed by atoms with Gasteiger partial charge in [0.1, 0.15) is 11.5 Å². The van der Waals surface area contributed by atoms with Crippen LogP contribution in [0.4, 0.5) is 11.4 Å². The van der Waals surface area contributed by atoms with Crippen LogP contribution in [0.3, 0.4) is 0 Å². The van der Waals surface area contributed by atoms with E-state index in [2.05, 4.69) is 10.6 Å². The molecule has 0 bridgehead atoms. The summed E-state index contributed by atoms with van der Waals surface area (Å²) in [6.07, 6.45) is 0.316. The monoisotopic (exact) mass is 356 g/mol. The summed E-state index contributed by atoms with van der Waals surface area (Å²) in [6, 6.07) is 12.6. The van der Waals surface area contributed by atoms with Crippen molar-refractivity contribution in [2.24, 2.45) is 0 Å². The van der Waals surface area contributed by atoms with Crippen molar-refractivity contribution >= 4 is 23.2 Å². The number of benzene rings is 2. The summed E-state index contributed by atoms with van der Waals surface area (Å²) >= 11 is 0. The molecule has 0 spiro atoms. The zero-order chi connectivity index (χ0) is 19.1. The van der Waals surface area contributed by atoms with E-state index in [-0.39, 0.29) is 17.7 Å². The minimum atomic E-state index is -0.135. The third-order valence-corrected chi connectivity index (χ3v) is 3.95. The van der Waals surface area contributed by atoms with Crippen LogP contribution in [-0.2, 0) is 9.59 Å². The van der Waals surface area contributed by atoms with Gasteiger partial charge in [-0.15, -0.1) is 0 Å². The van der Waals surface area contributed by atoms with E-state index in [1.165, 1.54) is 6.92 Å². The maximum Gasteiger partial charge on any atom is 0.224 e. The van der Waals surface area contributed by atoms with Gasteiger partial charge in [0.15, 0.2) is 0 Å². The second-order valence-corrected chi connectivity index (χ2v) is 6.02. The highest BCUT2D eigenvalue weighted by Gasteiger charge is 2.16. The molecule has 2 amide bonds. The highest BCUT2D eigenvalue weighted by atomic mass is 16.5. The number of hydrogen-bond acceptors (Lipinski definition) is 4. The van der Waals surface area contributed by atoms with E-state index in [9.17, 15) is 9.59 Å². The molecule has 0 heterocycles. The smallest absolute Gasteiger partial charge is 0.224 e. The van der Waals surface area contributed by atoms with Crippen LogP contribution in [0.15, 0.2) is 42.5 Å². The van der Waals surface area contributed by atoms with Gasteiger partial charge in [-0.2, -0.15) is 0 Å². The van der Waals surface area contributed by atoms with Crippen molar-refractivity contribution in [2.45, 2.75) is 26.2 Å². The second-order valence-electron chi connectivity index (χ2n) is 6.02. The molecule has 6 heteroatoms. The van der Waals surface area contributed by atoms with Gasteiger partial charge in [-0.1, -0.05) is 13.0 Å². The first kappa shape index (κ1) is 19.3. The van der Waals surface area contributed by atoms with Crippen molar-refractivity contribution in [3.8, 4) is 11.5 Å². The number of rotatable bonds is 7. The van der Waals surface area contributed by atoms with Crippen LogP contribution in [-0.4, -0.2) is 26.0 Å². The summed E-state index contributed by atoms with van der Waals surface area (Å²) < 4.78 is 10.6. The lowest BCUT2D eigenvalue weighted by Gasteiger charge is -2.16. The van der Waals surface area contributed by atoms with Gasteiger partial charge in [0.05, 0.1) is 14.2 Å². The van der Waals surface area contributed by atoms with Crippen LogP contribution in [0.2, 0.25) is 0 Å². The quantitative estimate of drug-likeness (QED) is 0.791. The van der Waals surface area contributed by atoms with Crippen LogP contribution in [0.1, 0.15) is 31.7 Å². The van der Waals surface area contributed by atoms with Gasteiger partial charge >= 0.3 is 0 Å². The van der Waals surface area contributed by atoms with Crippen molar-refractivity contribution < 1.29 is 19.1 Å². The Hall–Kier alpha value is -3.02.